The van der Waals surface area contributed by atoms with Crippen LogP contribution >= 0.6 is 11.8 Å². The average molecular weight is 428 g/mol. The minimum atomic E-state index is -0.448. The van der Waals surface area contributed by atoms with Crippen molar-refractivity contribution in [1.29, 1.82) is 5.26 Å². The van der Waals surface area contributed by atoms with E-state index in [2.05, 4.69) is 29.7 Å². The van der Waals surface area contributed by atoms with Crippen LogP contribution in [-0.2, 0) is 11.2 Å². The lowest BCUT2D eigenvalue weighted by Crippen LogP contribution is -2.15. The van der Waals surface area contributed by atoms with Gasteiger partial charge in [-0.05, 0) is 54.8 Å². The van der Waals surface area contributed by atoms with Crippen LogP contribution in [0.3, 0.4) is 0 Å². The Kier molecular flexibility index (Phi) is 8.33. The number of hydrogen-bond acceptors (Lipinski definition) is 4. The second kappa shape index (κ2) is 11.6. The molecule has 4 nitrogen and oxygen atoms in total. The summed E-state index contributed by atoms with van der Waals surface area (Å²) in [6, 6.07) is 27.5. The second-order valence-corrected chi connectivity index (χ2v) is 8.10. The zero-order valence-electron chi connectivity index (χ0n) is 17.5. The van der Waals surface area contributed by atoms with Gasteiger partial charge in [-0.3, -0.25) is 4.79 Å². The van der Waals surface area contributed by atoms with E-state index in [1.54, 1.807) is 11.8 Å². The first-order valence-corrected chi connectivity index (χ1v) is 11.1. The van der Waals surface area contributed by atoms with Gasteiger partial charge in [0.05, 0.1) is 5.69 Å². The molecule has 0 radical (unpaired) electrons. The minimum Gasteiger partial charge on any atom is -0.360 e. The van der Waals surface area contributed by atoms with E-state index >= 15 is 0 Å². The predicted octanol–water partition coefficient (Wildman–Crippen LogP) is 6.64. The van der Waals surface area contributed by atoms with E-state index in [0.717, 1.165) is 34.7 Å². The predicted molar refractivity (Wildman–Crippen MR) is 128 cm³/mol. The summed E-state index contributed by atoms with van der Waals surface area (Å²) in [6.45, 7) is 2.17. The molecule has 0 aliphatic rings. The molecule has 0 saturated carbocycles. The van der Waals surface area contributed by atoms with Crippen molar-refractivity contribution in [2.45, 2.75) is 36.0 Å². The Morgan fingerprint density at radius 3 is 2.42 bits per heavy atom. The lowest BCUT2D eigenvalue weighted by atomic mass is 10.1. The number of hydrogen-bond donors (Lipinski definition) is 2. The van der Waals surface area contributed by atoms with Crippen molar-refractivity contribution in [3.63, 3.8) is 0 Å². The van der Waals surface area contributed by atoms with E-state index in [-0.39, 0.29) is 5.57 Å². The molecule has 3 aromatic carbocycles. The Morgan fingerprint density at radius 1 is 1.00 bits per heavy atom. The quantitative estimate of drug-likeness (QED) is 0.297. The van der Waals surface area contributed by atoms with E-state index in [0.29, 0.717) is 5.69 Å². The summed E-state index contributed by atoms with van der Waals surface area (Å²) in [4.78, 5) is 14.7. The molecule has 0 aliphatic heterocycles. The summed E-state index contributed by atoms with van der Waals surface area (Å²) >= 11 is 1.56. The van der Waals surface area contributed by atoms with Gasteiger partial charge in [-0.1, -0.05) is 67.6 Å². The number of amides is 1. The summed E-state index contributed by atoms with van der Waals surface area (Å²) < 4.78 is 0. The highest BCUT2D eigenvalue weighted by Gasteiger charge is 2.12. The summed E-state index contributed by atoms with van der Waals surface area (Å²) in [5.41, 5.74) is 2.79. The minimum absolute atomic E-state index is 0.00886. The molecule has 2 N–H and O–H groups in total. The number of aryl methyl sites for hydroxylation is 1. The number of para-hydroxylation sites is 1. The molecule has 1 amide bonds. The van der Waals surface area contributed by atoms with Crippen molar-refractivity contribution in [3.05, 3.63) is 96.2 Å². The van der Waals surface area contributed by atoms with Crippen LogP contribution in [0.25, 0.3) is 0 Å². The molecule has 0 unspecified atom stereocenters. The number of anilines is 2. The normalized spacial score (nSPS) is 10.9. The van der Waals surface area contributed by atoms with Gasteiger partial charge < -0.3 is 10.6 Å². The Hall–Kier alpha value is -3.49. The highest BCUT2D eigenvalue weighted by Crippen LogP contribution is 2.33. The number of unbranched alkanes of at least 4 members (excludes halogenated alkanes) is 1. The van der Waals surface area contributed by atoms with E-state index < -0.39 is 5.91 Å². The molecule has 0 atom stereocenters. The van der Waals surface area contributed by atoms with Gasteiger partial charge in [0.1, 0.15) is 11.6 Å². The zero-order chi connectivity index (χ0) is 21.9. The number of nitrogens with zero attached hydrogens (tertiary/aromatic N) is 1. The van der Waals surface area contributed by atoms with Gasteiger partial charge in [0.15, 0.2) is 0 Å². The Morgan fingerprint density at radius 2 is 1.71 bits per heavy atom. The summed E-state index contributed by atoms with van der Waals surface area (Å²) in [7, 11) is 0. The Labute approximate surface area is 188 Å². The Balaban J connectivity index is 1.67. The summed E-state index contributed by atoms with van der Waals surface area (Å²) in [5.74, 6) is -0.448. The molecule has 0 fully saturated rings. The van der Waals surface area contributed by atoms with Gasteiger partial charge in [0.2, 0.25) is 0 Å². The molecule has 0 spiro atoms. The molecular weight excluding hydrogens is 402 g/mol. The van der Waals surface area contributed by atoms with Crippen molar-refractivity contribution in [3.8, 4) is 6.07 Å². The fourth-order valence-electron chi connectivity index (χ4n) is 2.92. The zero-order valence-corrected chi connectivity index (χ0v) is 18.3. The second-order valence-electron chi connectivity index (χ2n) is 6.98. The van der Waals surface area contributed by atoms with Crippen molar-refractivity contribution in [2.24, 2.45) is 0 Å². The molecule has 0 saturated heterocycles. The summed E-state index contributed by atoms with van der Waals surface area (Å²) in [6.07, 6.45) is 4.83. The van der Waals surface area contributed by atoms with Gasteiger partial charge in [-0.2, -0.15) is 5.26 Å². The van der Waals surface area contributed by atoms with Crippen LogP contribution in [0, 0.1) is 11.3 Å². The van der Waals surface area contributed by atoms with Crippen LogP contribution in [0.5, 0.6) is 0 Å². The fraction of sp³-hybridized carbons (Fsp3) is 0.154. The number of benzene rings is 3. The van der Waals surface area contributed by atoms with Gasteiger partial charge in [0.25, 0.3) is 5.91 Å². The number of nitriles is 1. The molecule has 0 bridgehead atoms. The van der Waals surface area contributed by atoms with Gasteiger partial charge in [-0.25, -0.2) is 0 Å². The molecule has 31 heavy (non-hydrogen) atoms. The van der Waals surface area contributed by atoms with Crippen molar-refractivity contribution in [1.82, 2.24) is 0 Å². The molecule has 3 rings (SSSR count). The molecule has 156 valence electrons. The lowest BCUT2D eigenvalue weighted by Gasteiger charge is -2.10. The molecule has 5 heteroatoms. The van der Waals surface area contributed by atoms with Crippen LogP contribution in [0.4, 0.5) is 11.4 Å². The maximum Gasteiger partial charge on any atom is 0.267 e. The van der Waals surface area contributed by atoms with Gasteiger partial charge in [0, 0.05) is 21.7 Å². The smallest absolute Gasteiger partial charge is 0.267 e. The van der Waals surface area contributed by atoms with Crippen molar-refractivity contribution < 1.29 is 4.79 Å². The fourth-order valence-corrected chi connectivity index (χ4v) is 3.84. The maximum atomic E-state index is 12.7. The SMILES string of the molecule is CCCCc1ccc(N/C=C(/C#N)C(=O)Nc2ccccc2Sc2ccccc2)cc1. The van der Waals surface area contributed by atoms with E-state index in [4.69, 9.17) is 0 Å². The first-order valence-electron chi connectivity index (χ1n) is 10.3. The topological polar surface area (TPSA) is 64.9 Å². The number of rotatable bonds is 9. The van der Waals surface area contributed by atoms with Crippen molar-refractivity contribution >= 4 is 29.0 Å². The van der Waals surface area contributed by atoms with Crippen LogP contribution in [0.15, 0.2) is 100 Å². The number of carbonyl (C=O) groups is 1. The lowest BCUT2D eigenvalue weighted by molar-refractivity contribution is -0.112. The van der Waals surface area contributed by atoms with E-state index in [9.17, 15) is 10.1 Å². The number of nitrogens with one attached hydrogen (secondary N) is 2. The first kappa shape index (κ1) is 22.2. The van der Waals surface area contributed by atoms with Crippen molar-refractivity contribution in [2.75, 3.05) is 10.6 Å². The van der Waals surface area contributed by atoms with Crippen LogP contribution in [0.1, 0.15) is 25.3 Å². The highest BCUT2D eigenvalue weighted by molar-refractivity contribution is 7.99. The van der Waals surface area contributed by atoms with Gasteiger partial charge in [-0.15, -0.1) is 0 Å². The van der Waals surface area contributed by atoms with E-state index in [1.807, 2.05) is 72.8 Å². The van der Waals surface area contributed by atoms with Gasteiger partial charge >= 0.3 is 0 Å². The molecular formula is C26H25N3OS. The molecule has 0 aliphatic carbocycles. The first-order chi connectivity index (χ1) is 15.2. The van der Waals surface area contributed by atoms with Crippen LogP contribution < -0.4 is 10.6 Å². The average Bonchev–Trinajstić information content (AvgIpc) is 2.81. The van der Waals surface area contributed by atoms with Crippen LogP contribution in [-0.4, -0.2) is 5.91 Å². The maximum absolute atomic E-state index is 12.7. The van der Waals surface area contributed by atoms with Crippen LogP contribution in [0.2, 0.25) is 0 Å². The standard InChI is InChI=1S/C26H25N3OS/c1-2-3-9-20-14-16-22(17-15-20)28-19-21(18-27)26(30)29-24-12-7-8-13-25(24)31-23-10-5-4-6-11-23/h4-8,10-17,19,28H,2-3,9H2,1H3,(H,29,30)/b21-19-. The van der Waals surface area contributed by atoms with E-state index in [1.165, 1.54) is 11.8 Å². The third kappa shape index (κ3) is 6.77. The molecule has 3 aromatic rings. The molecule has 0 aromatic heterocycles. The summed E-state index contributed by atoms with van der Waals surface area (Å²) in [5, 5.41) is 15.4. The number of carbonyl (C=O) groups excluding carboxylic acids is 1. The molecule has 0 heterocycles. The highest BCUT2D eigenvalue weighted by atomic mass is 32.2. The third-order valence-corrected chi connectivity index (χ3v) is 5.71. The third-order valence-electron chi connectivity index (χ3n) is 4.63. The largest absolute Gasteiger partial charge is 0.360 e. The monoisotopic (exact) mass is 427 g/mol. The Bertz CT molecular complexity index is 1070.